The maximum Gasteiger partial charge on any atom is 0.252 e. The average Bonchev–Trinajstić information content (AvgIpc) is 2.95. The van der Waals surface area contributed by atoms with Gasteiger partial charge in [-0.25, -0.2) is 4.98 Å². The van der Waals surface area contributed by atoms with Gasteiger partial charge in [-0.15, -0.1) is 11.3 Å². The maximum absolute atomic E-state index is 12.1. The molecule has 0 unspecified atom stereocenters. The van der Waals surface area contributed by atoms with E-state index in [0.29, 0.717) is 19.8 Å². The van der Waals surface area contributed by atoms with E-state index in [9.17, 15) is 4.79 Å². The second-order valence-electron chi connectivity index (χ2n) is 4.91. The van der Waals surface area contributed by atoms with Crippen LogP contribution in [0.5, 0.6) is 0 Å². The Balaban J connectivity index is 1.93. The normalized spacial score (nSPS) is 22.7. The zero-order valence-electron chi connectivity index (χ0n) is 11.6. The van der Waals surface area contributed by atoms with Crippen LogP contribution >= 0.6 is 11.3 Å². The quantitative estimate of drug-likeness (QED) is 0.895. The Morgan fingerprint density at radius 2 is 2.42 bits per heavy atom. The third kappa shape index (κ3) is 3.32. The summed E-state index contributed by atoms with van der Waals surface area (Å²) in [5, 5.41) is 3.88. The predicted molar refractivity (Wildman–Crippen MR) is 73.0 cm³/mol. The lowest BCUT2D eigenvalue weighted by molar-refractivity contribution is -0.139. The number of aromatic nitrogens is 1. The molecule has 0 saturated carbocycles. The minimum atomic E-state index is -0.659. The summed E-state index contributed by atoms with van der Waals surface area (Å²) in [6.07, 6.45) is 1.73. The van der Waals surface area contributed by atoms with Crippen LogP contribution in [-0.2, 0) is 27.4 Å². The van der Waals surface area contributed by atoms with Crippen molar-refractivity contribution in [2.24, 2.45) is 0 Å². The van der Waals surface area contributed by atoms with Gasteiger partial charge in [0, 0.05) is 18.6 Å². The van der Waals surface area contributed by atoms with Crippen molar-refractivity contribution in [3.8, 4) is 0 Å². The number of hydrogen-bond donors (Lipinski definition) is 1. The van der Waals surface area contributed by atoms with Crippen LogP contribution in [0.15, 0.2) is 0 Å². The van der Waals surface area contributed by atoms with Gasteiger partial charge in [0.15, 0.2) is 0 Å². The van der Waals surface area contributed by atoms with Crippen LogP contribution in [0.3, 0.4) is 0 Å². The SMILES string of the molecule is COCc1nc(C)c(CNC(=O)[C@@]2(C)CCCO2)s1. The molecule has 0 aromatic carbocycles. The van der Waals surface area contributed by atoms with Crippen molar-refractivity contribution in [3.05, 3.63) is 15.6 Å². The molecule has 19 heavy (non-hydrogen) atoms. The van der Waals surface area contributed by atoms with Crippen molar-refractivity contribution in [2.45, 2.75) is 45.4 Å². The highest BCUT2D eigenvalue weighted by Gasteiger charge is 2.37. The molecule has 2 rings (SSSR count). The first kappa shape index (κ1) is 14.4. The van der Waals surface area contributed by atoms with E-state index < -0.39 is 5.60 Å². The van der Waals surface area contributed by atoms with E-state index in [4.69, 9.17) is 9.47 Å². The van der Waals surface area contributed by atoms with Gasteiger partial charge in [-0.2, -0.15) is 0 Å². The second-order valence-corrected chi connectivity index (χ2v) is 6.08. The third-order valence-corrected chi connectivity index (χ3v) is 4.44. The molecule has 1 amide bonds. The van der Waals surface area contributed by atoms with Crippen LogP contribution < -0.4 is 5.32 Å². The number of ether oxygens (including phenoxy) is 2. The molecule has 0 bridgehead atoms. The van der Waals surface area contributed by atoms with Crippen molar-refractivity contribution in [1.29, 1.82) is 0 Å². The van der Waals surface area contributed by atoms with Crippen molar-refractivity contribution >= 4 is 17.2 Å². The summed E-state index contributed by atoms with van der Waals surface area (Å²) in [7, 11) is 1.65. The molecule has 1 saturated heterocycles. The summed E-state index contributed by atoms with van der Waals surface area (Å²) in [6, 6.07) is 0. The van der Waals surface area contributed by atoms with E-state index in [1.807, 2.05) is 13.8 Å². The number of carbonyl (C=O) groups excluding carboxylic acids is 1. The van der Waals surface area contributed by atoms with Crippen molar-refractivity contribution in [3.63, 3.8) is 0 Å². The fourth-order valence-corrected chi connectivity index (χ4v) is 3.12. The topological polar surface area (TPSA) is 60.5 Å². The smallest absolute Gasteiger partial charge is 0.252 e. The number of thiazole rings is 1. The van der Waals surface area contributed by atoms with Gasteiger partial charge in [0.25, 0.3) is 5.91 Å². The monoisotopic (exact) mass is 284 g/mol. The second kappa shape index (κ2) is 5.98. The fourth-order valence-electron chi connectivity index (χ4n) is 2.14. The zero-order chi connectivity index (χ0) is 13.9. The minimum Gasteiger partial charge on any atom is -0.378 e. The molecule has 0 aliphatic carbocycles. The Labute approximate surface area is 117 Å². The van der Waals surface area contributed by atoms with Crippen LogP contribution in [0.25, 0.3) is 0 Å². The highest BCUT2D eigenvalue weighted by molar-refractivity contribution is 7.11. The van der Waals surface area contributed by atoms with Gasteiger partial charge in [-0.1, -0.05) is 0 Å². The van der Waals surface area contributed by atoms with Gasteiger partial charge in [0.1, 0.15) is 10.6 Å². The number of nitrogens with one attached hydrogen (secondary N) is 1. The highest BCUT2D eigenvalue weighted by Crippen LogP contribution is 2.25. The van der Waals surface area contributed by atoms with E-state index in [0.717, 1.165) is 28.4 Å². The Kier molecular flexibility index (Phi) is 4.54. The summed E-state index contributed by atoms with van der Waals surface area (Å²) >= 11 is 1.58. The molecule has 1 aromatic heterocycles. The first-order valence-electron chi connectivity index (χ1n) is 6.41. The summed E-state index contributed by atoms with van der Waals surface area (Å²) < 4.78 is 10.6. The van der Waals surface area contributed by atoms with Crippen molar-refractivity contribution in [1.82, 2.24) is 10.3 Å². The molecule has 5 nitrogen and oxygen atoms in total. The fraction of sp³-hybridized carbons (Fsp3) is 0.692. The molecule has 1 N–H and O–H groups in total. The molecule has 1 aromatic rings. The van der Waals surface area contributed by atoms with Crippen molar-refractivity contribution < 1.29 is 14.3 Å². The van der Waals surface area contributed by atoms with Crippen LogP contribution in [0.2, 0.25) is 0 Å². The van der Waals surface area contributed by atoms with Gasteiger partial charge in [-0.3, -0.25) is 4.79 Å². The standard InChI is InChI=1S/C13H20N2O3S/c1-9-10(19-11(15-9)8-17-3)7-14-12(16)13(2)5-4-6-18-13/h4-8H2,1-3H3,(H,14,16)/t13-/m1/s1. The largest absolute Gasteiger partial charge is 0.378 e. The molecule has 1 fully saturated rings. The number of methoxy groups -OCH3 is 1. The summed E-state index contributed by atoms with van der Waals surface area (Å²) in [6.45, 7) is 5.49. The molecule has 0 radical (unpaired) electrons. The van der Waals surface area contributed by atoms with Crippen LogP contribution in [0.1, 0.15) is 35.3 Å². The lowest BCUT2D eigenvalue weighted by Crippen LogP contribution is -2.43. The number of hydrogen-bond acceptors (Lipinski definition) is 5. The van der Waals surface area contributed by atoms with Crippen LogP contribution in [-0.4, -0.2) is 30.2 Å². The predicted octanol–water partition coefficient (Wildman–Crippen LogP) is 1.78. The zero-order valence-corrected chi connectivity index (χ0v) is 12.4. The van der Waals surface area contributed by atoms with Gasteiger partial charge in [-0.05, 0) is 26.7 Å². The summed E-state index contributed by atoms with van der Waals surface area (Å²) in [5.74, 6) is -0.0360. The van der Waals surface area contributed by atoms with Gasteiger partial charge < -0.3 is 14.8 Å². The number of carbonyl (C=O) groups is 1. The molecule has 6 heteroatoms. The number of amides is 1. The lowest BCUT2D eigenvalue weighted by atomic mass is 10.0. The Hall–Kier alpha value is -0.980. The Morgan fingerprint density at radius 1 is 1.63 bits per heavy atom. The van der Waals surface area contributed by atoms with E-state index in [2.05, 4.69) is 10.3 Å². The first-order chi connectivity index (χ1) is 9.05. The van der Waals surface area contributed by atoms with Crippen molar-refractivity contribution in [2.75, 3.05) is 13.7 Å². The first-order valence-corrected chi connectivity index (χ1v) is 7.23. The van der Waals surface area contributed by atoms with Gasteiger partial charge >= 0.3 is 0 Å². The Morgan fingerprint density at radius 3 is 3.05 bits per heavy atom. The third-order valence-electron chi connectivity index (χ3n) is 3.31. The number of rotatable bonds is 5. The van der Waals surface area contributed by atoms with Gasteiger partial charge in [0.2, 0.25) is 0 Å². The molecule has 1 atom stereocenters. The molecular weight excluding hydrogens is 264 g/mol. The highest BCUT2D eigenvalue weighted by atomic mass is 32.1. The van der Waals surface area contributed by atoms with Crippen LogP contribution in [0.4, 0.5) is 0 Å². The maximum atomic E-state index is 12.1. The number of nitrogens with zero attached hydrogens (tertiary/aromatic N) is 1. The molecule has 1 aliphatic rings. The lowest BCUT2D eigenvalue weighted by Gasteiger charge is -2.21. The molecule has 1 aliphatic heterocycles. The van der Waals surface area contributed by atoms with E-state index in [1.165, 1.54) is 0 Å². The Bertz CT molecular complexity index is 453. The molecule has 2 heterocycles. The van der Waals surface area contributed by atoms with Gasteiger partial charge in [0.05, 0.1) is 18.8 Å². The molecule has 0 spiro atoms. The van der Waals surface area contributed by atoms with E-state index in [1.54, 1.807) is 18.4 Å². The molecular formula is C13H20N2O3S. The van der Waals surface area contributed by atoms with Crippen LogP contribution in [0, 0.1) is 6.92 Å². The summed E-state index contributed by atoms with van der Waals surface area (Å²) in [4.78, 5) is 17.6. The van der Waals surface area contributed by atoms with E-state index in [-0.39, 0.29) is 5.91 Å². The number of aryl methyl sites for hydroxylation is 1. The van der Waals surface area contributed by atoms with E-state index >= 15 is 0 Å². The minimum absolute atomic E-state index is 0.0360. The molecule has 106 valence electrons. The average molecular weight is 284 g/mol. The summed E-state index contributed by atoms with van der Waals surface area (Å²) in [5.41, 5.74) is 0.295.